The van der Waals surface area contributed by atoms with Gasteiger partial charge in [0.05, 0.1) is 0 Å². The normalized spacial score (nSPS) is 10.4. The molecule has 19 heavy (non-hydrogen) atoms. The zero-order chi connectivity index (χ0) is 13.1. The molecule has 3 aromatic rings. The van der Waals surface area contributed by atoms with Crippen molar-refractivity contribution in [1.29, 1.82) is 0 Å². The number of aromatic amines is 1. The van der Waals surface area contributed by atoms with E-state index >= 15 is 0 Å². The van der Waals surface area contributed by atoms with Gasteiger partial charge in [-0.2, -0.15) is 5.10 Å². The fourth-order valence-corrected chi connectivity index (χ4v) is 1.82. The van der Waals surface area contributed by atoms with Crippen LogP contribution in [0.5, 0.6) is 11.5 Å². The first-order valence-electron chi connectivity index (χ1n) is 5.70. The number of hydrogen-bond donors (Lipinski definition) is 1. The van der Waals surface area contributed by atoms with Crippen molar-refractivity contribution in [3.05, 3.63) is 59.9 Å². The maximum absolute atomic E-state index is 5.83. The lowest BCUT2D eigenvalue weighted by Crippen LogP contribution is -1.86. The van der Waals surface area contributed by atoms with Crippen molar-refractivity contribution in [1.82, 2.24) is 15.2 Å². The number of benzene rings is 2. The Morgan fingerprint density at radius 2 is 1.84 bits per heavy atom. The van der Waals surface area contributed by atoms with E-state index in [0.29, 0.717) is 10.8 Å². The van der Waals surface area contributed by atoms with Crippen LogP contribution in [0.1, 0.15) is 0 Å². The third-order valence-corrected chi connectivity index (χ3v) is 2.82. The third-order valence-electron chi connectivity index (χ3n) is 2.57. The van der Waals surface area contributed by atoms with Gasteiger partial charge in [0, 0.05) is 10.6 Å². The molecule has 0 bridgehead atoms. The minimum atomic E-state index is 0.683. The van der Waals surface area contributed by atoms with Crippen LogP contribution in [-0.4, -0.2) is 15.2 Å². The molecule has 94 valence electrons. The van der Waals surface area contributed by atoms with Crippen LogP contribution >= 0.6 is 11.6 Å². The number of aromatic nitrogens is 3. The Morgan fingerprint density at radius 1 is 1.00 bits per heavy atom. The van der Waals surface area contributed by atoms with Gasteiger partial charge < -0.3 is 4.74 Å². The van der Waals surface area contributed by atoms with E-state index in [-0.39, 0.29) is 0 Å². The van der Waals surface area contributed by atoms with Gasteiger partial charge in [-0.3, -0.25) is 5.10 Å². The molecular formula is C14H10ClN3O. The van der Waals surface area contributed by atoms with Crippen molar-refractivity contribution in [2.75, 3.05) is 0 Å². The van der Waals surface area contributed by atoms with Gasteiger partial charge in [-0.25, -0.2) is 4.98 Å². The standard InChI is InChI=1S/C14H10ClN3O/c15-11-4-6-12(7-5-11)19-13-3-1-2-10(8-13)14-16-9-17-18-14/h1-9H,(H,16,17,18). The molecule has 0 saturated carbocycles. The Bertz CT molecular complexity index is 665. The molecule has 0 atom stereocenters. The van der Waals surface area contributed by atoms with Crippen LogP contribution in [0.4, 0.5) is 0 Å². The average Bonchev–Trinajstić information content (AvgIpc) is 2.96. The molecule has 2 aromatic carbocycles. The smallest absolute Gasteiger partial charge is 0.155 e. The highest BCUT2D eigenvalue weighted by atomic mass is 35.5. The van der Waals surface area contributed by atoms with Crippen LogP contribution in [0.15, 0.2) is 54.9 Å². The Hall–Kier alpha value is -2.33. The quantitative estimate of drug-likeness (QED) is 0.785. The summed E-state index contributed by atoms with van der Waals surface area (Å²) in [5.74, 6) is 2.18. The molecule has 0 spiro atoms. The van der Waals surface area contributed by atoms with Gasteiger partial charge in [-0.05, 0) is 36.4 Å². The van der Waals surface area contributed by atoms with Gasteiger partial charge in [0.1, 0.15) is 17.8 Å². The monoisotopic (exact) mass is 271 g/mol. The Balaban J connectivity index is 1.85. The molecule has 0 amide bonds. The van der Waals surface area contributed by atoms with Crippen LogP contribution < -0.4 is 4.74 Å². The summed E-state index contributed by atoms with van der Waals surface area (Å²) in [5.41, 5.74) is 0.920. The summed E-state index contributed by atoms with van der Waals surface area (Å²) in [6.45, 7) is 0. The average molecular weight is 272 g/mol. The Morgan fingerprint density at radius 3 is 2.58 bits per heavy atom. The maximum atomic E-state index is 5.83. The van der Waals surface area contributed by atoms with E-state index in [1.807, 2.05) is 36.4 Å². The van der Waals surface area contributed by atoms with Crippen molar-refractivity contribution in [3.8, 4) is 22.9 Å². The molecule has 0 saturated heterocycles. The third kappa shape index (κ3) is 2.74. The van der Waals surface area contributed by atoms with Crippen LogP contribution in [-0.2, 0) is 0 Å². The van der Waals surface area contributed by atoms with Gasteiger partial charge >= 0.3 is 0 Å². The maximum Gasteiger partial charge on any atom is 0.155 e. The second-order valence-electron chi connectivity index (χ2n) is 3.92. The first-order valence-corrected chi connectivity index (χ1v) is 6.08. The largest absolute Gasteiger partial charge is 0.457 e. The molecule has 0 aliphatic rings. The Kier molecular flexibility index (Phi) is 3.16. The Labute approximate surface area is 115 Å². The number of nitrogens with one attached hydrogen (secondary N) is 1. The van der Waals surface area contributed by atoms with Crippen molar-refractivity contribution < 1.29 is 4.74 Å². The van der Waals surface area contributed by atoms with E-state index in [9.17, 15) is 0 Å². The summed E-state index contributed by atoms with van der Waals surface area (Å²) >= 11 is 5.83. The molecule has 1 aromatic heterocycles. The topological polar surface area (TPSA) is 50.8 Å². The fraction of sp³-hybridized carbons (Fsp3) is 0. The lowest BCUT2D eigenvalue weighted by atomic mass is 10.2. The van der Waals surface area contributed by atoms with Crippen molar-refractivity contribution >= 4 is 11.6 Å². The molecule has 1 heterocycles. The molecule has 0 radical (unpaired) electrons. The van der Waals surface area contributed by atoms with Crippen LogP contribution in [0.2, 0.25) is 5.02 Å². The summed E-state index contributed by atoms with van der Waals surface area (Å²) in [6.07, 6.45) is 1.47. The highest BCUT2D eigenvalue weighted by Gasteiger charge is 2.03. The number of nitrogens with zero attached hydrogens (tertiary/aromatic N) is 2. The number of hydrogen-bond acceptors (Lipinski definition) is 3. The molecule has 0 aliphatic heterocycles. The molecule has 0 unspecified atom stereocenters. The van der Waals surface area contributed by atoms with E-state index < -0.39 is 0 Å². The highest BCUT2D eigenvalue weighted by Crippen LogP contribution is 2.26. The minimum absolute atomic E-state index is 0.683. The van der Waals surface area contributed by atoms with E-state index in [4.69, 9.17) is 16.3 Å². The molecule has 0 aliphatic carbocycles. The lowest BCUT2D eigenvalue weighted by Gasteiger charge is -2.06. The minimum Gasteiger partial charge on any atom is -0.457 e. The van der Waals surface area contributed by atoms with Crippen LogP contribution in [0.25, 0.3) is 11.4 Å². The van der Waals surface area contributed by atoms with Crippen molar-refractivity contribution in [2.45, 2.75) is 0 Å². The number of rotatable bonds is 3. The van der Waals surface area contributed by atoms with Gasteiger partial charge in [0.15, 0.2) is 5.82 Å². The molecule has 3 rings (SSSR count). The van der Waals surface area contributed by atoms with Crippen LogP contribution in [0, 0.1) is 0 Å². The second-order valence-corrected chi connectivity index (χ2v) is 4.35. The molecular weight excluding hydrogens is 262 g/mol. The molecule has 4 nitrogen and oxygen atoms in total. The summed E-state index contributed by atoms with van der Waals surface area (Å²) < 4.78 is 5.75. The predicted octanol–water partition coefficient (Wildman–Crippen LogP) is 3.92. The summed E-state index contributed by atoms with van der Waals surface area (Å²) in [4.78, 5) is 4.11. The van der Waals surface area contributed by atoms with E-state index in [1.165, 1.54) is 6.33 Å². The van der Waals surface area contributed by atoms with E-state index in [1.54, 1.807) is 12.1 Å². The summed E-state index contributed by atoms with van der Waals surface area (Å²) in [5, 5.41) is 7.33. The molecule has 5 heteroatoms. The van der Waals surface area contributed by atoms with E-state index in [2.05, 4.69) is 15.2 Å². The zero-order valence-electron chi connectivity index (χ0n) is 9.88. The summed E-state index contributed by atoms with van der Waals surface area (Å²) in [6, 6.07) is 14.9. The van der Waals surface area contributed by atoms with Crippen molar-refractivity contribution in [3.63, 3.8) is 0 Å². The van der Waals surface area contributed by atoms with Gasteiger partial charge in [0.2, 0.25) is 0 Å². The number of H-pyrrole nitrogens is 1. The van der Waals surface area contributed by atoms with Crippen molar-refractivity contribution in [2.24, 2.45) is 0 Å². The SMILES string of the molecule is Clc1ccc(Oc2cccc(-c3ncn[nH]3)c2)cc1. The van der Waals surface area contributed by atoms with Crippen LogP contribution in [0.3, 0.4) is 0 Å². The fourth-order valence-electron chi connectivity index (χ4n) is 1.69. The molecule has 1 N–H and O–H groups in total. The summed E-state index contributed by atoms with van der Waals surface area (Å²) in [7, 11) is 0. The second kappa shape index (κ2) is 5.12. The van der Waals surface area contributed by atoms with Gasteiger partial charge in [0.25, 0.3) is 0 Å². The highest BCUT2D eigenvalue weighted by molar-refractivity contribution is 6.30. The zero-order valence-corrected chi connectivity index (χ0v) is 10.6. The number of ether oxygens (including phenoxy) is 1. The van der Waals surface area contributed by atoms with Gasteiger partial charge in [-0.15, -0.1) is 0 Å². The first kappa shape index (κ1) is 11.7. The first-order chi connectivity index (χ1) is 9.31. The molecule has 0 fully saturated rings. The van der Waals surface area contributed by atoms with E-state index in [0.717, 1.165) is 17.1 Å². The lowest BCUT2D eigenvalue weighted by molar-refractivity contribution is 0.483. The van der Waals surface area contributed by atoms with Gasteiger partial charge in [-0.1, -0.05) is 23.7 Å². The predicted molar refractivity (Wildman–Crippen MR) is 73.3 cm³/mol. The number of halogens is 1.